The number of alkyl halides is 3. The van der Waals surface area contributed by atoms with Crippen LogP contribution in [0.5, 0.6) is 5.75 Å². The number of nitrogens with one attached hydrogen (secondary N) is 3. The molecule has 0 aliphatic carbocycles. The summed E-state index contributed by atoms with van der Waals surface area (Å²) in [7, 11) is 0. The van der Waals surface area contributed by atoms with E-state index in [1.807, 2.05) is 0 Å². The summed E-state index contributed by atoms with van der Waals surface area (Å²) in [6.07, 6.45) is -5.11. The van der Waals surface area contributed by atoms with Gasteiger partial charge in [-0.05, 0) is 35.4 Å². The van der Waals surface area contributed by atoms with Crippen LogP contribution in [-0.2, 0) is 17.8 Å². The molecule has 3 aromatic carbocycles. The average Bonchev–Trinajstić information content (AvgIpc) is 2.83. The van der Waals surface area contributed by atoms with Gasteiger partial charge in [-0.2, -0.15) is 13.2 Å². The highest BCUT2D eigenvalue weighted by molar-refractivity contribution is 6.34. The zero-order valence-electron chi connectivity index (χ0n) is 19.6. The maximum atomic E-state index is 12.8. The van der Waals surface area contributed by atoms with E-state index >= 15 is 0 Å². The first kappa shape index (κ1) is 28.1. The van der Waals surface area contributed by atoms with Crippen LogP contribution in [0.1, 0.15) is 27.0 Å². The van der Waals surface area contributed by atoms with Gasteiger partial charge in [0.1, 0.15) is 18.1 Å². The van der Waals surface area contributed by atoms with Crippen LogP contribution in [0.2, 0.25) is 5.02 Å². The van der Waals surface area contributed by atoms with Crippen molar-refractivity contribution in [1.29, 1.82) is 5.41 Å². The van der Waals surface area contributed by atoms with Gasteiger partial charge >= 0.3 is 12.1 Å². The lowest BCUT2D eigenvalue weighted by molar-refractivity contribution is -0.120. The molecule has 0 unspecified atom stereocenters. The lowest BCUT2D eigenvalue weighted by atomic mass is 9.93. The monoisotopic (exact) mass is 549 g/mol. The molecular weight excluding hydrogens is 527 g/mol. The molecule has 0 fully saturated rings. The highest BCUT2D eigenvalue weighted by Gasteiger charge is 2.28. The number of nitrogens with two attached hydrogens (primary N) is 2. The van der Waals surface area contributed by atoms with Crippen molar-refractivity contribution in [2.24, 2.45) is 5.73 Å². The van der Waals surface area contributed by atoms with Gasteiger partial charge in [0.15, 0.2) is 0 Å². The van der Waals surface area contributed by atoms with Crippen LogP contribution in [0.25, 0.3) is 11.1 Å². The number of phenolic OH excluding ortho intramolecular Hbond substituents is 1. The van der Waals surface area contributed by atoms with Gasteiger partial charge in [0, 0.05) is 28.9 Å². The number of rotatable bonds is 9. The van der Waals surface area contributed by atoms with Gasteiger partial charge in [-0.3, -0.25) is 10.2 Å². The molecule has 0 radical (unpaired) electrons. The smallest absolute Gasteiger partial charge is 0.405 e. The summed E-state index contributed by atoms with van der Waals surface area (Å²) in [6.45, 7) is -1.41. The number of amides is 1. The first-order chi connectivity index (χ1) is 17.7. The minimum Gasteiger partial charge on any atom is -0.505 e. The lowest BCUT2D eigenvalue weighted by Gasteiger charge is -2.19. The van der Waals surface area contributed by atoms with Crippen molar-refractivity contribution in [2.75, 3.05) is 17.6 Å². The number of carbonyl (C=O) groups is 2. The second kappa shape index (κ2) is 11.3. The van der Waals surface area contributed by atoms with Gasteiger partial charge in [0.2, 0.25) is 5.91 Å². The predicted molar refractivity (Wildman–Crippen MR) is 137 cm³/mol. The summed E-state index contributed by atoms with van der Waals surface area (Å²) in [4.78, 5) is 24.4. The molecule has 0 aliphatic heterocycles. The van der Waals surface area contributed by atoms with Gasteiger partial charge in [0.25, 0.3) is 0 Å². The van der Waals surface area contributed by atoms with E-state index in [-0.39, 0.29) is 51.0 Å². The maximum absolute atomic E-state index is 12.8. The molecule has 9 nitrogen and oxygen atoms in total. The second-order valence-corrected chi connectivity index (χ2v) is 8.70. The number of hydrogen-bond acceptors (Lipinski definition) is 6. The molecule has 0 heterocycles. The van der Waals surface area contributed by atoms with Crippen LogP contribution < -0.4 is 22.1 Å². The zero-order valence-corrected chi connectivity index (χ0v) is 20.4. The molecular formula is C25H23ClF3N5O4. The number of anilines is 2. The van der Waals surface area contributed by atoms with E-state index in [1.54, 1.807) is 24.3 Å². The number of halogens is 4. The summed E-state index contributed by atoms with van der Waals surface area (Å²) in [5.41, 5.74) is 12.0. The minimum absolute atomic E-state index is 0.0393. The van der Waals surface area contributed by atoms with Crippen molar-refractivity contribution in [3.05, 3.63) is 75.8 Å². The summed E-state index contributed by atoms with van der Waals surface area (Å²) in [6, 6.07) is 11.3. The Balaban J connectivity index is 1.98. The van der Waals surface area contributed by atoms with E-state index in [1.165, 1.54) is 18.2 Å². The Labute approximate surface area is 219 Å². The number of carboxylic acid groups (broad SMARTS) is 1. The largest absolute Gasteiger partial charge is 0.505 e. The number of nitrogen functional groups attached to an aromatic ring is 2. The third-order valence-electron chi connectivity index (χ3n) is 5.41. The van der Waals surface area contributed by atoms with E-state index in [0.29, 0.717) is 11.1 Å². The number of benzene rings is 3. The van der Waals surface area contributed by atoms with E-state index in [2.05, 4.69) is 10.6 Å². The molecule has 13 heteroatoms. The van der Waals surface area contributed by atoms with Crippen LogP contribution >= 0.6 is 11.6 Å². The van der Waals surface area contributed by atoms with E-state index in [0.717, 1.165) is 6.07 Å². The van der Waals surface area contributed by atoms with Crippen molar-refractivity contribution < 1.29 is 33.0 Å². The van der Waals surface area contributed by atoms with Crippen molar-refractivity contribution >= 4 is 40.7 Å². The molecule has 0 atom stereocenters. The van der Waals surface area contributed by atoms with Gasteiger partial charge < -0.3 is 32.3 Å². The molecule has 3 aromatic rings. The molecule has 200 valence electrons. The zero-order chi connectivity index (χ0) is 28.2. The highest BCUT2D eigenvalue weighted by atomic mass is 35.5. The van der Waals surface area contributed by atoms with Gasteiger partial charge in [-0.25, -0.2) is 4.79 Å². The first-order valence-electron chi connectivity index (χ1n) is 10.9. The number of phenols is 1. The Bertz CT molecular complexity index is 1400. The van der Waals surface area contributed by atoms with Gasteiger partial charge in [0.05, 0.1) is 22.7 Å². The molecule has 38 heavy (non-hydrogen) atoms. The van der Waals surface area contributed by atoms with Crippen LogP contribution in [0, 0.1) is 5.41 Å². The van der Waals surface area contributed by atoms with Crippen molar-refractivity contribution in [1.82, 2.24) is 5.32 Å². The molecule has 3 rings (SSSR count). The standard InChI is InChI=1S/C25H23ClF3N5O4/c26-18-9-19(34-11-25(27,28)29)22(36)17(21(18)14-5-15(24(37)38)7-16(30)6-14)8-20(35)33-10-12-1-3-13(4-2-12)23(31)32/h1-7,9,34,36H,8,10-11,30H2,(H3,31,32)(H,33,35)(H,37,38). The quantitative estimate of drug-likeness (QED) is 0.0909. The summed E-state index contributed by atoms with van der Waals surface area (Å²) in [5.74, 6) is -2.68. The van der Waals surface area contributed by atoms with E-state index in [9.17, 15) is 33.0 Å². The molecule has 0 saturated heterocycles. The molecule has 0 aromatic heterocycles. The molecule has 0 bridgehead atoms. The summed E-state index contributed by atoms with van der Waals surface area (Å²) in [5, 5.41) is 32.3. The summed E-state index contributed by atoms with van der Waals surface area (Å²) < 4.78 is 38.4. The number of hydrogen-bond donors (Lipinski definition) is 7. The molecule has 0 aliphatic rings. The Kier molecular flexibility index (Phi) is 8.36. The molecule has 0 spiro atoms. The van der Waals surface area contributed by atoms with Crippen LogP contribution in [0.4, 0.5) is 24.5 Å². The van der Waals surface area contributed by atoms with Gasteiger partial charge in [-0.15, -0.1) is 0 Å². The SMILES string of the molecule is N=C(N)c1ccc(CNC(=O)Cc2c(O)c(NCC(F)(F)F)cc(Cl)c2-c2cc(N)cc(C(=O)O)c2)cc1. The third kappa shape index (κ3) is 7.07. The lowest BCUT2D eigenvalue weighted by Crippen LogP contribution is -2.25. The molecule has 9 N–H and O–H groups in total. The number of aromatic carboxylic acids is 1. The van der Waals surface area contributed by atoms with E-state index < -0.39 is 36.8 Å². The Morgan fingerprint density at radius 2 is 1.71 bits per heavy atom. The summed E-state index contributed by atoms with van der Waals surface area (Å²) >= 11 is 6.39. The van der Waals surface area contributed by atoms with Crippen molar-refractivity contribution in [2.45, 2.75) is 19.1 Å². The number of aromatic hydroxyl groups is 1. The number of carbonyl (C=O) groups excluding carboxylic acids is 1. The Morgan fingerprint density at radius 1 is 1.05 bits per heavy atom. The second-order valence-electron chi connectivity index (χ2n) is 8.29. The fraction of sp³-hybridized carbons (Fsp3) is 0.160. The van der Waals surface area contributed by atoms with Crippen molar-refractivity contribution in [3.63, 3.8) is 0 Å². The normalized spacial score (nSPS) is 11.2. The van der Waals surface area contributed by atoms with Gasteiger partial charge in [-0.1, -0.05) is 35.9 Å². The predicted octanol–water partition coefficient (Wildman–Crippen LogP) is 4.11. The van der Waals surface area contributed by atoms with Crippen molar-refractivity contribution in [3.8, 4) is 16.9 Å². The Morgan fingerprint density at radius 3 is 2.29 bits per heavy atom. The highest BCUT2D eigenvalue weighted by Crippen LogP contribution is 2.43. The molecule has 0 saturated carbocycles. The maximum Gasteiger partial charge on any atom is 0.405 e. The van der Waals surface area contributed by atoms with E-state index in [4.69, 9.17) is 28.5 Å². The van der Waals surface area contributed by atoms with Crippen LogP contribution in [0.15, 0.2) is 48.5 Å². The minimum atomic E-state index is -4.60. The fourth-order valence-corrected chi connectivity index (χ4v) is 3.98. The van der Waals surface area contributed by atoms with Crippen LogP contribution in [0.3, 0.4) is 0 Å². The average molecular weight is 550 g/mol. The fourth-order valence-electron chi connectivity index (χ4n) is 3.65. The first-order valence-corrected chi connectivity index (χ1v) is 11.3. The Hall–Kier alpha value is -4.45. The topological polar surface area (TPSA) is 175 Å². The molecule has 1 amide bonds. The third-order valence-corrected chi connectivity index (χ3v) is 5.71. The number of carboxylic acids is 1. The van der Waals surface area contributed by atoms with Crippen LogP contribution in [-0.4, -0.2) is 40.6 Å². The number of amidine groups is 1.